The highest BCUT2D eigenvalue weighted by molar-refractivity contribution is 6.30. The maximum absolute atomic E-state index is 5.95. The molecule has 3 nitrogen and oxygen atoms in total. The van der Waals surface area contributed by atoms with Crippen molar-refractivity contribution in [3.8, 4) is 5.75 Å². The van der Waals surface area contributed by atoms with Gasteiger partial charge in [0.2, 0.25) is 0 Å². The largest absolute Gasteiger partial charge is 0.493 e. The summed E-state index contributed by atoms with van der Waals surface area (Å²) in [6.45, 7) is 0.716. The van der Waals surface area contributed by atoms with Gasteiger partial charge in [0.25, 0.3) is 0 Å². The van der Waals surface area contributed by atoms with Crippen LogP contribution in [0.2, 0.25) is 5.02 Å². The molecule has 104 valence electrons. The summed E-state index contributed by atoms with van der Waals surface area (Å²) in [5, 5.41) is 0.733. The molecule has 2 aromatic carbocycles. The van der Waals surface area contributed by atoms with Crippen molar-refractivity contribution in [1.29, 1.82) is 0 Å². The minimum absolute atomic E-state index is 0.0531. The van der Waals surface area contributed by atoms with Crippen molar-refractivity contribution in [2.75, 3.05) is 6.61 Å². The van der Waals surface area contributed by atoms with Gasteiger partial charge in [0.1, 0.15) is 5.75 Å². The first-order chi connectivity index (χ1) is 9.79. The Morgan fingerprint density at radius 1 is 1.15 bits per heavy atom. The molecular weight excluding hydrogens is 272 g/mol. The van der Waals surface area contributed by atoms with Crippen LogP contribution in [0.4, 0.5) is 0 Å². The van der Waals surface area contributed by atoms with E-state index < -0.39 is 0 Å². The number of hydrazine groups is 1. The quantitative estimate of drug-likeness (QED) is 0.672. The molecule has 0 amide bonds. The molecule has 0 saturated carbocycles. The Balaban J connectivity index is 1.96. The number of nitrogens with one attached hydrogen (secondary N) is 1. The zero-order valence-electron chi connectivity index (χ0n) is 11.1. The SMILES string of the molecule is NNC(c1ccc(Cl)cc1)C1CCOc2ccccc21. The maximum Gasteiger partial charge on any atom is 0.122 e. The fraction of sp³-hybridized carbons (Fsp3) is 0.250. The zero-order chi connectivity index (χ0) is 13.9. The van der Waals surface area contributed by atoms with E-state index in [4.69, 9.17) is 22.2 Å². The van der Waals surface area contributed by atoms with Crippen LogP contribution in [0.15, 0.2) is 48.5 Å². The van der Waals surface area contributed by atoms with Crippen molar-refractivity contribution in [1.82, 2.24) is 5.43 Å². The average molecular weight is 289 g/mol. The predicted octanol–water partition coefficient (Wildman–Crippen LogP) is 3.41. The van der Waals surface area contributed by atoms with Crippen LogP contribution in [0.5, 0.6) is 5.75 Å². The second kappa shape index (κ2) is 5.83. The molecule has 1 heterocycles. The van der Waals surface area contributed by atoms with Crippen molar-refractivity contribution in [2.45, 2.75) is 18.4 Å². The molecule has 2 atom stereocenters. The van der Waals surface area contributed by atoms with Crippen LogP contribution >= 0.6 is 11.6 Å². The molecule has 0 aromatic heterocycles. The molecule has 20 heavy (non-hydrogen) atoms. The van der Waals surface area contributed by atoms with E-state index in [9.17, 15) is 0 Å². The highest BCUT2D eigenvalue weighted by Gasteiger charge is 2.29. The fourth-order valence-corrected chi connectivity index (χ4v) is 2.96. The fourth-order valence-electron chi connectivity index (χ4n) is 2.83. The van der Waals surface area contributed by atoms with Crippen molar-refractivity contribution in [3.63, 3.8) is 0 Å². The summed E-state index contributed by atoms with van der Waals surface area (Å²) in [4.78, 5) is 0. The van der Waals surface area contributed by atoms with Crippen LogP contribution in [0, 0.1) is 0 Å². The molecule has 4 heteroatoms. The van der Waals surface area contributed by atoms with Crippen molar-refractivity contribution >= 4 is 11.6 Å². The van der Waals surface area contributed by atoms with E-state index in [-0.39, 0.29) is 6.04 Å². The van der Waals surface area contributed by atoms with Gasteiger partial charge in [0.15, 0.2) is 0 Å². The lowest BCUT2D eigenvalue weighted by molar-refractivity contribution is 0.246. The van der Waals surface area contributed by atoms with Gasteiger partial charge in [-0.2, -0.15) is 0 Å². The van der Waals surface area contributed by atoms with E-state index in [1.807, 2.05) is 42.5 Å². The van der Waals surface area contributed by atoms with Gasteiger partial charge in [-0.3, -0.25) is 11.3 Å². The summed E-state index contributed by atoms with van der Waals surface area (Å²) in [5.41, 5.74) is 5.29. The van der Waals surface area contributed by atoms with Crippen LogP contribution < -0.4 is 16.0 Å². The van der Waals surface area contributed by atoms with Crippen LogP contribution in [-0.4, -0.2) is 6.61 Å². The molecule has 1 aliphatic heterocycles. The third kappa shape index (κ3) is 2.52. The van der Waals surface area contributed by atoms with Gasteiger partial charge < -0.3 is 4.74 Å². The minimum atomic E-state index is 0.0531. The number of para-hydroxylation sites is 1. The standard InChI is InChI=1S/C16H17ClN2O/c17-12-7-5-11(6-8-12)16(19-18)14-9-10-20-15-4-2-1-3-13(14)15/h1-8,14,16,19H,9-10,18H2. The molecule has 0 radical (unpaired) electrons. The Kier molecular flexibility index (Phi) is 3.92. The number of hydrogen-bond acceptors (Lipinski definition) is 3. The summed E-state index contributed by atoms with van der Waals surface area (Å²) >= 11 is 5.95. The highest BCUT2D eigenvalue weighted by Crippen LogP contribution is 2.41. The molecule has 2 aromatic rings. The number of ether oxygens (including phenoxy) is 1. The molecule has 0 fully saturated rings. The summed E-state index contributed by atoms with van der Waals surface area (Å²) in [6.07, 6.45) is 0.939. The molecular formula is C16H17ClN2O. The second-order valence-electron chi connectivity index (χ2n) is 4.98. The Morgan fingerprint density at radius 2 is 1.90 bits per heavy atom. The van der Waals surface area contributed by atoms with Gasteiger partial charge in [-0.1, -0.05) is 41.9 Å². The lowest BCUT2D eigenvalue weighted by Crippen LogP contribution is -2.34. The summed E-state index contributed by atoms with van der Waals surface area (Å²) in [6, 6.07) is 16.0. The number of fused-ring (bicyclic) bond motifs is 1. The van der Waals surface area contributed by atoms with E-state index in [2.05, 4.69) is 11.5 Å². The minimum Gasteiger partial charge on any atom is -0.493 e. The zero-order valence-corrected chi connectivity index (χ0v) is 11.8. The number of benzene rings is 2. The lowest BCUT2D eigenvalue weighted by atomic mass is 9.83. The van der Waals surface area contributed by atoms with Crippen molar-refractivity contribution in [3.05, 3.63) is 64.7 Å². The summed E-state index contributed by atoms with van der Waals surface area (Å²) in [7, 11) is 0. The smallest absolute Gasteiger partial charge is 0.122 e. The van der Waals surface area contributed by atoms with Gasteiger partial charge in [0, 0.05) is 10.9 Å². The first-order valence-corrected chi connectivity index (χ1v) is 7.10. The molecule has 0 aliphatic carbocycles. The van der Waals surface area contributed by atoms with E-state index >= 15 is 0 Å². The second-order valence-corrected chi connectivity index (χ2v) is 5.41. The molecule has 0 bridgehead atoms. The van der Waals surface area contributed by atoms with E-state index in [1.54, 1.807) is 0 Å². The Hall–Kier alpha value is -1.55. The lowest BCUT2D eigenvalue weighted by Gasteiger charge is -2.32. The van der Waals surface area contributed by atoms with E-state index in [0.29, 0.717) is 12.5 Å². The Bertz CT molecular complexity index is 585. The van der Waals surface area contributed by atoms with E-state index in [0.717, 1.165) is 22.8 Å². The highest BCUT2D eigenvalue weighted by atomic mass is 35.5. The monoisotopic (exact) mass is 288 g/mol. The molecule has 0 saturated heterocycles. The number of nitrogens with two attached hydrogens (primary N) is 1. The molecule has 2 unspecified atom stereocenters. The Morgan fingerprint density at radius 3 is 2.65 bits per heavy atom. The Labute approximate surface area is 123 Å². The molecule has 3 N–H and O–H groups in total. The van der Waals surface area contributed by atoms with Gasteiger partial charge >= 0.3 is 0 Å². The summed E-state index contributed by atoms with van der Waals surface area (Å²) in [5.74, 6) is 7.06. The third-order valence-corrected chi connectivity index (χ3v) is 4.07. The van der Waals surface area contributed by atoms with Crippen LogP contribution in [0.1, 0.15) is 29.5 Å². The maximum atomic E-state index is 5.95. The van der Waals surface area contributed by atoms with Crippen molar-refractivity contribution in [2.24, 2.45) is 5.84 Å². The average Bonchev–Trinajstić information content (AvgIpc) is 2.50. The van der Waals surface area contributed by atoms with Crippen LogP contribution in [-0.2, 0) is 0 Å². The van der Waals surface area contributed by atoms with Crippen LogP contribution in [0.25, 0.3) is 0 Å². The summed E-state index contributed by atoms with van der Waals surface area (Å²) < 4.78 is 5.71. The number of rotatable bonds is 3. The normalized spacial score (nSPS) is 19.0. The number of hydrogen-bond donors (Lipinski definition) is 2. The topological polar surface area (TPSA) is 47.3 Å². The van der Waals surface area contributed by atoms with Gasteiger partial charge in [-0.25, -0.2) is 0 Å². The predicted molar refractivity (Wildman–Crippen MR) is 80.8 cm³/mol. The van der Waals surface area contributed by atoms with Crippen LogP contribution in [0.3, 0.4) is 0 Å². The van der Waals surface area contributed by atoms with Gasteiger partial charge in [-0.15, -0.1) is 0 Å². The first kappa shape index (κ1) is 13.4. The molecule has 3 rings (SSSR count). The first-order valence-electron chi connectivity index (χ1n) is 6.73. The molecule has 1 aliphatic rings. The third-order valence-electron chi connectivity index (χ3n) is 3.82. The molecule has 0 spiro atoms. The van der Waals surface area contributed by atoms with Gasteiger partial charge in [0.05, 0.1) is 12.6 Å². The van der Waals surface area contributed by atoms with Crippen molar-refractivity contribution < 1.29 is 4.74 Å². The van der Waals surface area contributed by atoms with Gasteiger partial charge in [-0.05, 0) is 35.7 Å². The van der Waals surface area contributed by atoms with E-state index in [1.165, 1.54) is 5.56 Å². The number of halogens is 1.